The highest BCUT2D eigenvalue weighted by Crippen LogP contribution is 2.37. The molecular formula is C35H40N2. The second kappa shape index (κ2) is 10.3. The molecule has 4 aromatic carbocycles. The molecule has 2 heteroatoms. The molecule has 0 saturated heterocycles. The first-order valence-electron chi connectivity index (χ1n) is 13.2. The number of nitrogens with one attached hydrogen (secondary N) is 1. The van der Waals surface area contributed by atoms with E-state index in [2.05, 4.69) is 163 Å². The Hall–Kier alpha value is -3.70. The molecule has 0 aliphatic carbocycles. The van der Waals surface area contributed by atoms with E-state index in [0.29, 0.717) is 5.92 Å². The fourth-order valence-corrected chi connectivity index (χ4v) is 4.34. The van der Waals surface area contributed by atoms with Crippen molar-refractivity contribution in [2.45, 2.75) is 72.1 Å². The number of nitrogens with zero attached hydrogens (tertiary/aromatic N) is 1. The van der Waals surface area contributed by atoms with Gasteiger partial charge in [0.25, 0.3) is 0 Å². The SMILES string of the molecule is CC(C)c1ccc(N(c2ccc(C(C)(C)C)cc2)c2cccc(Nc3c#cc(C(C)(C)C)cc3)c2)cc1. The lowest BCUT2D eigenvalue weighted by Gasteiger charge is -2.27. The van der Waals surface area contributed by atoms with E-state index in [4.69, 9.17) is 0 Å². The van der Waals surface area contributed by atoms with Crippen LogP contribution < -0.4 is 10.2 Å². The third kappa shape index (κ3) is 6.36. The van der Waals surface area contributed by atoms with Crippen LogP contribution in [0.5, 0.6) is 0 Å². The molecule has 1 N–H and O–H groups in total. The minimum atomic E-state index is 0.0586. The van der Waals surface area contributed by atoms with Crippen LogP contribution in [0.2, 0.25) is 0 Å². The lowest BCUT2D eigenvalue weighted by atomic mass is 9.87. The standard InChI is InChI=1S/C35H40N2/c1-25(2)26-12-20-31(21-13-26)37(32-22-16-28(17-23-32)35(6,7)8)33-11-9-10-30(24-33)36-29-18-14-27(15-19-29)34(3,4)5/h9-14,16-18,20-25,36H,1-8H3. The van der Waals surface area contributed by atoms with Crippen molar-refractivity contribution in [1.29, 1.82) is 0 Å². The van der Waals surface area contributed by atoms with Crippen LogP contribution in [0.3, 0.4) is 0 Å². The van der Waals surface area contributed by atoms with Crippen LogP contribution in [0.15, 0.2) is 84.9 Å². The van der Waals surface area contributed by atoms with Crippen LogP contribution in [0.1, 0.15) is 78.0 Å². The molecule has 0 saturated carbocycles. The second-order valence-corrected chi connectivity index (χ2v) is 12.2. The van der Waals surface area contributed by atoms with Gasteiger partial charge in [0, 0.05) is 28.3 Å². The van der Waals surface area contributed by atoms with Gasteiger partial charge in [-0.25, -0.2) is 0 Å². The van der Waals surface area contributed by atoms with E-state index in [-0.39, 0.29) is 10.8 Å². The Morgan fingerprint density at radius 2 is 1.27 bits per heavy atom. The molecule has 0 fully saturated rings. The maximum absolute atomic E-state index is 3.52. The second-order valence-electron chi connectivity index (χ2n) is 12.2. The van der Waals surface area contributed by atoms with Crippen molar-refractivity contribution < 1.29 is 0 Å². The molecule has 0 unspecified atom stereocenters. The molecule has 0 spiro atoms. The van der Waals surface area contributed by atoms with E-state index < -0.39 is 0 Å². The summed E-state index contributed by atoms with van der Waals surface area (Å²) in [6.07, 6.45) is 0. The summed E-state index contributed by atoms with van der Waals surface area (Å²) in [4.78, 5) is 2.32. The van der Waals surface area contributed by atoms with Crippen molar-refractivity contribution >= 4 is 28.4 Å². The monoisotopic (exact) mass is 488 g/mol. The quantitative estimate of drug-likeness (QED) is 0.290. The highest BCUT2D eigenvalue weighted by atomic mass is 15.1. The molecule has 0 bridgehead atoms. The molecule has 0 aromatic heterocycles. The number of rotatable bonds is 6. The van der Waals surface area contributed by atoms with E-state index in [1.165, 1.54) is 11.1 Å². The molecule has 2 nitrogen and oxygen atoms in total. The molecular weight excluding hydrogens is 448 g/mol. The normalized spacial score (nSPS) is 11.8. The van der Waals surface area contributed by atoms with Crippen LogP contribution in [-0.2, 0) is 10.8 Å². The number of hydrogen-bond acceptors (Lipinski definition) is 2. The van der Waals surface area contributed by atoms with Gasteiger partial charge in [0.1, 0.15) is 0 Å². The first-order chi connectivity index (χ1) is 17.4. The van der Waals surface area contributed by atoms with Crippen LogP contribution >= 0.6 is 0 Å². The van der Waals surface area contributed by atoms with Crippen LogP contribution in [0.25, 0.3) is 0 Å². The fourth-order valence-electron chi connectivity index (χ4n) is 4.34. The third-order valence-corrected chi connectivity index (χ3v) is 6.75. The lowest BCUT2D eigenvalue weighted by Crippen LogP contribution is -2.13. The zero-order valence-corrected chi connectivity index (χ0v) is 23.6. The summed E-state index contributed by atoms with van der Waals surface area (Å²) in [6.45, 7) is 17.8. The maximum Gasteiger partial charge on any atom is 0.0901 e. The smallest absolute Gasteiger partial charge is 0.0901 e. The predicted molar refractivity (Wildman–Crippen MR) is 160 cm³/mol. The Labute approximate surface area is 224 Å². The Kier molecular flexibility index (Phi) is 7.37. The number of hydrogen-bond donors (Lipinski definition) is 1. The van der Waals surface area contributed by atoms with Gasteiger partial charge in [0.15, 0.2) is 0 Å². The van der Waals surface area contributed by atoms with Gasteiger partial charge in [-0.3, -0.25) is 0 Å². The summed E-state index contributed by atoms with van der Waals surface area (Å²) in [5.74, 6) is 0.499. The van der Waals surface area contributed by atoms with E-state index >= 15 is 0 Å². The van der Waals surface area contributed by atoms with E-state index in [0.717, 1.165) is 34.0 Å². The molecule has 4 rings (SSSR count). The molecule has 37 heavy (non-hydrogen) atoms. The van der Waals surface area contributed by atoms with Crippen molar-refractivity contribution in [1.82, 2.24) is 0 Å². The summed E-state index contributed by atoms with van der Waals surface area (Å²) in [5, 5.41) is 3.52. The Bertz CT molecular complexity index is 1300. The summed E-state index contributed by atoms with van der Waals surface area (Å²) in [6, 6.07) is 37.2. The minimum Gasteiger partial charge on any atom is -0.349 e. The van der Waals surface area contributed by atoms with Gasteiger partial charge in [-0.05, 0) is 88.5 Å². The van der Waals surface area contributed by atoms with E-state index in [9.17, 15) is 0 Å². The zero-order chi connectivity index (χ0) is 26.8. The molecule has 0 amide bonds. The number of anilines is 5. The Balaban J connectivity index is 1.70. The third-order valence-electron chi connectivity index (χ3n) is 6.75. The zero-order valence-electron chi connectivity index (χ0n) is 23.6. The minimum absolute atomic E-state index is 0.0586. The first-order valence-corrected chi connectivity index (χ1v) is 13.2. The summed E-state index contributed by atoms with van der Waals surface area (Å²) < 4.78 is 0. The van der Waals surface area contributed by atoms with Gasteiger partial charge in [0.2, 0.25) is 0 Å². The average molecular weight is 489 g/mol. The van der Waals surface area contributed by atoms with Crippen LogP contribution in [-0.4, -0.2) is 0 Å². The lowest BCUT2D eigenvalue weighted by molar-refractivity contribution is 0.590. The average Bonchev–Trinajstić information content (AvgIpc) is 2.84. The van der Waals surface area contributed by atoms with Gasteiger partial charge in [-0.15, -0.1) is 0 Å². The summed E-state index contributed by atoms with van der Waals surface area (Å²) in [5.41, 5.74) is 9.29. The molecule has 0 aliphatic rings. The topological polar surface area (TPSA) is 15.3 Å². The largest absolute Gasteiger partial charge is 0.349 e. The van der Waals surface area contributed by atoms with Gasteiger partial charge in [-0.1, -0.05) is 91.8 Å². The Morgan fingerprint density at radius 3 is 1.78 bits per heavy atom. The maximum atomic E-state index is 3.52. The van der Waals surface area contributed by atoms with Crippen molar-refractivity contribution in [2.24, 2.45) is 0 Å². The predicted octanol–water partition coefficient (Wildman–Crippen LogP) is 10.2. The van der Waals surface area contributed by atoms with Crippen molar-refractivity contribution in [2.75, 3.05) is 10.2 Å². The fraction of sp³-hybridized carbons (Fsp3) is 0.314. The van der Waals surface area contributed by atoms with Crippen molar-refractivity contribution in [3.8, 4) is 0 Å². The van der Waals surface area contributed by atoms with Crippen LogP contribution in [0.4, 0.5) is 28.4 Å². The molecule has 0 heterocycles. The molecule has 190 valence electrons. The molecule has 0 aliphatic heterocycles. The highest BCUT2D eigenvalue weighted by Gasteiger charge is 2.17. The van der Waals surface area contributed by atoms with Gasteiger partial charge in [-0.2, -0.15) is 0 Å². The summed E-state index contributed by atoms with van der Waals surface area (Å²) >= 11 is 0. The van der Waals surface area contributed by atoms with E-state index in [1.54, 1.807) is 0 Å². The highest BCUT2D eigenvalue weighted by molar-refractivity contribution is 5.79. The number of benzene rings is 3. The van der Waals surface area contributed by atoms with Gasteiger partial charge >= 0.3 is 0 Å². The molecule has 0 atom stereocenters. The van der Waals surface area contributed by atoms with Gasteiger partial charge in [0.05, 0.1) is 5.69 Å². The van der Waals surface area contributed by atoms with Crippen LogP contribution in [0, 0.1) is 12.1 Å². The van der Waals surface area contributed by atoms with Gasteiger partial charge < -0.3 is 10.2 Å². The summed E-state index contributed by atoms with van der Waals surface area (Å²) in [7, 11) is 0. The van der Waals surface area contributed by atoms with Crippen molar-refractivity contribution in [3.05, 3.63) is 114 Å². The van der Waals surface area contributed by atoms with E-state index in [1.807, 2.05) is 0 Å². The molecule has 0 radical (unpaired) electrons. The first kappa shape index (κ1) is 26.4. The molecule has 4 aromatic rings. The Morgan fingerprint density at radius 1 is 0.649 bits per heavy atom. The van der Waals surface area contributed by atoms with Crippen molar-refractivity contribution in [3.63, 3.8) is 0 Å².